The highest BCUT2D eigenvalue weighted by atomic mass is 19.4. The van der Waals surface area contributed by atoms with Crippen molar-refractivity contribution < 1.29 is 31.9 Å². The molecule has 2 aliphatic rings. The summed E-state index contributed by atoms with van der Waals surface area (Å²) in [6.45, 7) is 4.73. The molecule has 2 aliphatic heterocycles. The molecule has 1 atom stereocenters. The predicted molar refractivity (Wildman–Crippen MR) is 153 cm³/mol. The third kappa shape index (κ3) is 7.47. The number of aryl methyl sites for hydroxylation is 1. The van der Waals surface area contributed by atoms with Gasteiger partial charge in [0.2, 0.25) is 0 Å². The zero-order valence-corrected chi connectivity index (χ0v) is 23.7. The van der Waals surface area contributed by atoms with Gasteiger partial charge in [0, 0.05) is 38.2 Å². The van der Waals surface area contributed by atoms with E-state index in [1.807, 2.05) is 31.2 Å². The average Bonchev–Trinajstić information content (AvgIpc) is 3.45. The number of hydrazone groups is 1. The summed E-state index contributed by atoms with van der Waals surface area (Å²) in [5.74, 6) is -1.38. The smallest absolute Gasteiger partial charge is 0.379 e. The first-order chi connectivity index (χ1) is 20.6. The van der Waals surface area contributed by atoms with E-state index in [9.17, 15) is 27.2 Å². The summed E-state index contributed by atoms with van der Waals surface area (Å²) in [4.78, 5) is 31.0. The van der Waals surface area contributed by atoms with E-state index < -0.39 is 29.6 Å². The monoisotopic (exact) mass is 596 g/mol. The zero-order chi connectivity index (χ0) is 30.6. The molecule has 1 fully saturated rings. The van der Waals surface area contributed by atoms with Crippen LogP contribution in [0.5, 0.6) is 0 Å². The molecule has 11 heteroatoms. The molecule has 7 nitrogen and oxygen atoms in total. The van der Waals surface area contributed by atoms with E-state index in [1.165, 1.54) is 22.0 Å². The second kappa shape index (κ2) is 13.0. The maximum Gasteiger partial charge on any atom is 0.416 e. The van der Waals surface area contributed by atoms with Crippen molar-refractivity contribution in [2.24, 2.45) is 5.10 Å². The van der Waals surface area contributed by atoms with Gasteiger partial charge in [-0.2, -0.15) is 18.3 Å². The lowest BCUT2D eigenvalue weighted by Crippen LogP contribution is -2.46. The Morgan fingerprint density at radius 2 is 1.60 bits per heavy atom. The number of ether oxygens (including phenoxy) is 1. The average molecular weight is 597 g/mol. The van der Waals surface area contributed by atoms with Gasteiger partial charge >= 0.3 is 6.18 Å². The predicted octanol–water partition coefficient (Wildman–Crippen LogP) is 5.31. The second-order valence-corrected chi connectivity index (χ2v) is 10.7. The summed E-state index contributed by atoms with van der Waals surface area (Å²) in [5.41, 5.74) is 2.38. The lowest BCUT2D eigenvalue weighted by Gasteiger charge is -2.31. The van der Waals surface area contributed by atoms with E-state index in [-0.39, 0.29) is 24.5 Å². The Hall–Kier alpha value is -4.09. The number of halogens is 4. The van der Waals surface area contributed by atoms with Crippen molar-refractivity contribution in [1.29, 1.82) is 0 Å². The number of alkyl halides is 3. The van der Waals surface area contributed by atoms with Gasteiger partial charge in [0.1, 0.15) is 12.4 Å². The molecule has 0 radical (unpaired) electrons. The van der Waals surface area contributed by atoms with E-state index in [0.29, 0.717) is 50.5 Å². The van der Waals surface area contributed by atoms with Gasteiger partial charge < -0.3 is 9.64 Å². The molecular weight excluding hydrogens is 564 g/mol. The Labute approximate surface area is 247 Å². The van der Waals surface area contributed by atoms with E-state index >= 15 is 0 Å². The standard InChI is InChI=1S/C32H32F4N4O3/c1-22-2-4-24(5-3-22)29-20-28(23-8-12-27(33)13-9-23)37-40(29)30(41)21-39(15-14-38-16-18-43-19-17-38)31(42)25-6-10-26(11-7-25)32(34,35)36/h2-13,29H,14-21H2,1H3/t29-/m0/s1. The topological polar surface area (TPSA) is 65.5 Å². The Kier molecular flexibility index (Phi) is 9.22. The molecule has 0 N–H and O–H groups in total. The molecule has 43 heavy (non-hydrogen) atoms. The molecule has 0 aromatic heterocycles. The van der Waals surface area contributed by atoms with Crippen LogP contribution in [0.2, 0.25) is 0 Å². The lowest BCUT2D eigenvalue weighted by molar-refractivity contribution is -0.137. The summed E-state index contributed by atoms with van der Waals surface area (Å²) in [7, 11) is 0. The fraction of sp³-hybridized carbons (Fsp3) is 0.344. The highest BCUT2D eigenvalue weighted by molar-refractivity contribution is 6.03. The largest absolute Gasteiger partial charge is 0.416 e. The summed E-state index contributed by atoms with van der Waals surface area (Å²) < 4.78 is 58.4. The molecule has 3 aromatic rings. The number of benzene rings is 3. The Balaban J connectivity index is 1.41. The number of nitrogens with zero attached hydrogens (tertiary/aromatic N) is 4. The van der Waals surface area contributed by atoms with Gasteiger partial charge in [0.25, 0.3) is 11.8 Å². The summed E-state index contributed by atoms with van der Waals surface area (Å²) >= 11 is 0. The van der Waals surface area contributed by atoms with Gasteiger partial charge in [-0.1, -0.05) is 42.0 Å². The maximum absolute atomic E-state index is 13.9. The first-order valence-electron chi connectivity index (χ1n) is 14.1. The van der Waals surface area contributed by atoms with Crippen LogP contribution in [0.25, 0.3) is 0 Å². The van der Waals surface area contributed by atoms with Crippen LogP contribution in [0.15, 0.2) is 77.9 Å². The van der Waals surface area contributed by atoms with Crippen LogP contribution in [0, 0.1) is 12.7 Å². The molecular formula is C32H32F4N4O3. The van der Waals surface area contributed by atoms with Crippen molar-refractivity contribution in [2.75, 3.05) is 45.9 Å². The highest BCUT2D eigenvalue weighted by Gasteiger charge is 2.35. The summed E-state index contributed by atoms with van der Waals surface area (Å²) in [6, 6.07) is 17.2. The minimum atomic E-state index is -4.53. The number of rotatable bonds is 8. The summed E-state index contributed by atoms with van der Waals surface area (Å²) in [6.07, 6.45) is -4.14. The first-order valence-corrected chi connectivity index (χ1v) is 14.1. The molecule has 0 aliphatic carbocycles. The molecule has 2 heterocycles. The lowest BCUT2D eigenvalue weighted by atomic mass is 9.97. The molecule has 1 saturated heterocycles. The molecule has 0 saturated carbocycles. The van der Waals surface area contributed by atoms with Gasteiger partial charge in [0.15, 0.2) is 0 Å². The van der Waals surface area contributed by atoms with Crippen LogP contribution < -0.4 is 0 Å². The molecule has 2 amide bonds. The Morgan fingerprint density at radius 3 is 2.23 bits per heavy atom. The van der Waals surface area contributed by atoms with E-state index in [1.54, 1.807) is 12.1 Å². The maximum atomic E-state index is 13.9. The normalized spacial score (nSPS) is 17.6. The zero-order valence-electron chi connectivity index (χ0n) is 23.7. The minimum absolute atomic E-state index is 0.0507. The molecule has 0 bridgehead atoms. The molecule has 226 valence electrons. The van der Waals surface area contributed by atoms with Crippen molar-refractivity contribution >= 4 is 17.5 Å². The van der Waals surface area contributed by atoms with Crippen molar-refractivity contribution in [3.05, 3.63) is 106 Å². The van der Waals surface area contributed by atoms with Crippen LogP contribution in [0.1, 0.15) is 45.1 Å². The van der Waals surface area contributed by atoms with Gasteiger partial charge in [-0.3, -0.25) is 14.5 Å². The highest BCUT2D eigenvalue weighted by Crippen LogP contribution is 2.33. The third-order valence-electron chi connectivity index (χ3n) is 7.67. The van der Waals surface area contributed by atoms with E-state index in [0.717, 1.165) is 35.4 Å². The molecule has 0 unspecified atom stereocenters. The number of hydrogen-bond acceptors (Lipinski definition) is 5. The first kappa shape index (κ1) is 30.4. The second-order valence-electron chi connectivity index (χ2n) is 10.7. The van der Waals surface area contributed by atoms with Crippen LogP contribution in [-0.4, -0.2) is 78.3 Å². The fourth-order valence-electron chi connectivity index (χ4n) is 5.16. The van der Waals surface area contributed by atoms with Gasteiger partial charge in [-0.05, 0) is 54.4 Å². The number of morpholine rings is 1. The molecule has 5 rings (SSSR count). The third-order valence-corrected chi connectivity index (χ3v) is 7.67. The van der Waals surface area contributed by atoms with Gasteiger partial charge in [0.05, 0.1) is 30.5 Å². The van der Waals surface area contributed by atoms with Crippen LogP contribution in [-0.2, 0) is 15.7 Å². The van der Waals surface area contributed by atoms with Crippen LogP contribution >= 0.6 is 0 Å². The Bertz CT molecular complexity index is 1450. The quantitative estimate of drug-likeness (QED) is 0.331. The number of carbonyl (C=O) groups excluding carboxylic acids is 2. The van der Waals surface area contributed by atoms with E-state index in [2.05, 4.69) is 10.0 Å². The number of carbonyl (C=O) groups is 2. The van der Waals surface area contributed by atoms with E-state index in [4.69, 9.17) is 4.74 Å². The number of amides is 2. The fourth-order valence-corrected chi connectivity index (χ4v) is 5.16. The van der Waals surface area contributed by atoms with Crippen LogP contribution in [0.4, 0.5) is 17.6 Å². The molecule has 3 aromatic carbocycles. The summed E-state index contributed by atoms with van der Waals surface area (Å²) in [5, 5.41) is 6.00. The van der Waals surface area contributed by atoms with Crippen LogP contribution in [0.3, 0.4) is 0 Å². The Morgan fingerprint density at radius 1 is 0.953 bits per heavy atom. The molecule has 0 spiro atoms. The van der Waals surface area contributed by atoms with Crippen molar-refractivity contribution in [3.8, 4) is 0 Å². The number of hydrogen-bond donors (Lipinski definition) is 0. The SMILES string of the molecule is Cc1ccc([C@@H]2CC(c3ccc(F)cc3)=NN2C(=O)CN(CCN2CCOCC2)C(=O)c2ccc(C(F)(F)F)cc2)cc1. The van der Waals surface area contributed by atoms with Gasteiger partial charge in [-0.15, -0.1) is 0 Å². The van der Waals surface area contributed by atoms with Gasteiger partial charge in [-0.25, -0.2) is 9.40 Å². The van der Waals surface area contributed by atoms with Crippen molar-refractivity contribution in [3.63, 3.8) is 0 Å². The van der Waals surface area contributed by atoms with Crippen molar-refractivity contribution in [1.82, 2.24) is 14.8 Å². The van der Waals surface area contributed by atoms with Crippen molar-refractivity contribution in [2.45, 2.75) is 25.6 Å². The minimum Gasteiger partial charge on any atom is -0.379 e.